The van der Waals surface area contributed by atoms with Gasteiger partial charge in [0.1, 0.15) is 5.82 Å². The number of pyridine rings is 1. The monoisotopic (exact) mass is 242 g/mol. The second-order valence-corrected chi connectivity index (χ2v) is 4.84. The van der Waals surface area contributed by atoms with Crippen molar-refractivity contribution >= 4 is 0 Å². The highest BCUT2D eigenvalue weighted by molar-refractivity contribution is 5.58. The Balaban J connectivity index is 1.92. The molecule has 0 amide bonds. The Labute approximate surface area is 107 Å². The van der Waals surface area contributed by atoms with Gasteiger partial charge in [-0.15, -0.1) is 0 Å². The molecule has 0 aromatic carbocycles. The van der Waals surface area contributed by atoms with Gasteiger partial charge in [0.2, 0.25) is 0 Å². The predicted molar refractivity (Wildman–Crippen MR) is 71.3 cm³/mol. The molecule has 1 fully saturated rings. The maximum Gasteiger partial charge on any atom is 0.113 e. The van der Waals surface area contributed by atoms with Crippen LogP contribution in [0.3, 0.4) is 0 Å². The molecule has 3 rings (SSSR count). The Morgan fingerprint density at radius 3 is 2.89 bits per heavy atom. The Morgan fingerprint density at radius 1 is 1.33 bits per heavy atom. The SMILES string of the molecule is Cn1c(-c2ccncc2)cnc1C1CCCNC1. The van der Waals surface area contributed by atoms with Gasteiger partial charge < -0.3 is 9.88 Å². The zero-order valence-electron chi connectivity index (χ0n) is 10.6. The summed E-state index contributed by atoms with van der Waals surface area (Å²) in [5.74, 6) is 1.73. The largest absolute Gasteiger partial charge is 0.331 e. The number of hydrogen-bond donors (Lipinski definition) is 1. The van der Waals surface area contributed by atoms with Crippen molar-refractivity contribution < 1.29 is 0 Å². The van der Waals surface area contributed by atoms with Crippen molar-refractivity contribution in [1.82, 2.24) is 19.9 Å². The summed E-state index contributed by atoms with van der Waals surface area (Å²) >= 11 is 0. The van der Waals surface area contributed by atoms with Gasteiger partial charge in [-0.25, -0.2) is 4.98 Å². The highest BCUT2D eigenvalue weighted by Gasteiger charge is 2.20. The lowest BCUT2D eigenvalue weighted by Crippen LogP contribution is -2.29. The van der Waals surface area contributed by atoms with Crippen LogP contribution in [0.25, 0.3) is 11.3 Å². The number of aromatic nitrogens is 3. The summed E-state index contributed by atoms with van der Waals surface area (Å²) in [6, 6.07) is 4.06. The lowest BCUT2D eigenvalue weighted by Gasteiger charge is -2.22. The molecule has 0 saturated carbocycles. The van der Waals surface area contributed by atoms with E-state index in [1.807, 2.05) is 30.7 Å². The maximum absolute atomic E-state index is 4.62. The summed E-state index contributed by atoms with van der Waals surface area (Å²) < 4.78 is 2.22. The third-order valence-corrected chi connectivity index (χ3v) is 3.66. The van der Waals surface area contributed by atoms with Gasteiger partial charge in [0, 0.05) is 37.5 Å². The van der Waals surface area contributed by atoms with Gasteiger partial charge in [-0.05, 0) is 31.5 Å². The van der Waals surface area contributed by atoms with Crippen LogP contribution in [-0.4, -0.2) is 27.6 Å². The zero-order chi connectivity index (χ0) is 12.4. The Morgan fingerprint density at radius 2 is 2.17 bits per heavy atom. The van der Waals surface area contributed by atoms with Gasteiger partial charge in [0.25, 0.3) is 0 Å². The number of imidazole rings is 1. The molecule has 18 heavy (non-hydrogen) atoms. The molecule has 0 spiro atoms. The van der Waals surface area contributed by atoms with Crippen LogP contribution in [-0.2, 0) is 7.05 Å². The lowest BCUT2D eigenvalue weighted by atomic mass is 9.99. The summed E-state index contributed by atoms with van der Waals surface area (Å²) in [7, 11) is 2.10. The normalized spacial score (nSPS) is 19.9. The van der Waals surface area contributed by atoms with Crippen molar-refractivity contribution in [1.29, 1.82) is 0 Å². The molecule has 4 heteroatoms. The van der Waals surface area contributed by atoms with Crippen molar-refractivity contribution in [2.45, 2.75) is 18.8 Å². The molecule has 2 aromatic rings. The summed E-state index contributed by atoms with van der Waals surface area (Å²) in [4.78, 5) is 8.68. The fourth-order valence-electron chi connectivity index (χ4n) is 2.67. The first kappa shape index (κ1) is 11.4. The Hall–Kier alpha value is -1.68. The predicted octanol–water partition coefficient (Wildman–Crippen LogP) is 1.95. The molecule has 1 atom stereocenters. The second kappa shape index (κ2) is 4.90. The Kier molecular flexibility index (Phi) is 3.11. The molecule has 3 heterocycles. The van der Waals surface area contributed by atoms with Crippen LogP contribution < -0.4 is 5.32 Å². The first-order chi connectivity index (χ1) is 8.86. The average Bonchev–Trinajstić information content (AvgIpc) is 2.83. The molecule has 0 aliphatic carbocycles. The smallest absolute Gasteiger partial charge is 0.113 e. The molecule has 0 bridgehead atoms. The minimum absolute atomic E-state index is 0.541. The van der Waals surface area contributed by atoms with Crippen LogP contribution >= 0.6 is 0 Å². The molecule has 94 valence electrons. The molecular weight excluding hydrogens is 224 g/mol. The van der Waals surface area contributed by atoms with Gasteiger partial charge in [0.15, 0.2) is 0 Å². The minimum atomic E-state index is 0.541. The van der Waals surface area contributed by atoms with Gasteiger partial charge >= 0.3 is 0 Å². The summed E-state index contributed by atoms with van der Waals surface area (Å²) in [5.41, 5.74) is 2.34. The average molecular weight is 242 g/mol. The third kappa shape index (κ3) is 2.04. The standard InChI is InChI=1S/C14H18N4/c1-18-13(11-4-7-15-8-5-11)10-17-14(18)12-3-2-6-16-9-12/h4-5,7-8,10,12,16H,2-3,6,9H2,1H3. The first-order valence-corrected chi connectivity index (χ1v) is 6.49. The molecule has 1 N–H and O–H groups in total. The van der Waals surface area contributed by atoms with E-state index in [1.54, 1.807) is 0 Å². The van der Waals surface area contributed by atoms with Gasteiger partial charge in [-0.2, -0.15) is 0 Å². The summed E-state index contributed by atoms with van der Waals surface area (Å²) in [5, 5.41) is 3.45. The minimum Gasteiger partial charge on any atom is -0.331 e. The molecule has 4 nitrogen and oxygen atoms in total. The van der Waals surface area contributed by atoms with Crippen molar-refractivity contribution in [2.75, 3.05) is 13.1 Å². The number of nitrogens with zero attached hydrogens (tertiary/aromatic N) is 3. The van der Waals surface area contributed by atoms with Crippen LogP contribution in [0.4, 0.5) is 0 Å². The zero-order valence-corrected chi connectivity index (χ0v) is 10.6. The van der Waals surface area contributed by atoms with E-state index in [9.17, 15) is 0 Å². The van der Waals surface area contributed by atoms with E-state index in [4.69, 9.17) is 0 Å². The molecule has 1 aliphatic rings. The van der Waals surface area contributed by atoms with Gasteiger partial charge in [-0.3, -0.25) is 4.98 Å². The van der Waals surface area contributed by atoms with Crippen LogP contribution in [0.1, 0.15) is 24.6 Å². The third-order valence-electron chi connectivity index (χ3n) is 3.66. The highest BCUT2D eigenvalue weighted by atomic mass is 15.1. The molecule has 0 radical (unpaired) electrons. The lowest BCUT2D eigenvalue weighted by molar-refractivity contribution is 0.439. The second-order valence-electron chi connectivity index (χ2n) is 4.84. The highest BCUT2D eigenvalue weighted by Crippen LogP contribution is 2.26. The van der Waals surface area contributed by atoms with Crippen LogP contribution in [0.15, 0.2) is 30.7 Å². The molecular formula is C14H18N4. The first-order valence-electron chi connectivity index (χ1n) is 6.49. The van der Waals surface area contributed by atoms with Gasteiger partial charge in [-0.1, -0.05) is 0 Å². The van der Waals surface area contributed by atoms with E-state index in [-0.39, 0.29) is 0 Å². The Bertz CT molecular complexity index is 512. The number of piperidine rings is 1. The number of nitrogens with one attached hydrogen (secondary N) is 1. The van der Waals surface area contributed by atoms with Crippen molar-refractivity contribution in [3.63, 3.8) is 0 Å². The topological polar surface area (TPSA) is 42.7 Å². The molecule has 1 aliphatic heterocycles. The summed E-state index contributed by atoms with van der Waals surface area (Å²) in [6.07, 6.45) is 8.09. The van der Waals surface area contributed by atoms with E-state index >= 15 is 0 Å². The molecule has 1 saturated heterocycles. The van der Waals surface area contributed by atoms with E-state index in [2.05, 4.69) is 26.9 Å². The van der Waals surface area contributed by atoms with E-state index in [0.717, 1.165) is 18.8 Å². The summed E-state index contributed by atoms with van der Waals surface area (Å²) in [6.45, 7) is 2.18. The van der Waals surface area contributed by atoms with Crippen molar-refractivity contribution in [3.05, 3.63) is 36.5 Å². The van der Waals surface area contributed by atoms with Crippen LogP contribution in [0, 0.1) is 0 Å². The number of hydrogen-bond acceptors (Lipinski definition) is 3. The fourth-order valence-corrected chi connectivity index (χ4v) is 2.67. The molecule has 1 unspecified atom stereocenters. The van der Waals surface area contributed by atoms with Crippen LogP contribution in [0.2, 0.25) is 0 Å². The number of rotatable bonds is 2. The van der Waals surface area contributed by atoms with E-state index < -0.39 is 0 Å². The molecule has 2 aromatic heterocycles. The van der Waals surface area contributed by atoms with Crippen molar-refractivity contribution in [3.8, 4) is 11.3 Å². The fraction of sp³-hybridized carbons (Fsp3) is 0.429. The van der Waals surface area contributed by atoms with E-state index in [1.165, 1.54) is 24.2 Å². The van der Waals surface area contributed by atoms with E-state index in [0.29, 0.717) is 5.92 Å². The quantitative estimate of drug-likeness (QED) is 0.875. The maximum atomic E-state index is 4.62. The van der Waals surface area contributed by atoms with Crippen LogP contribution in [0.5, 0.6) is 0 Å². The van der Waals surface area contributed by atoms with Crippen molar-refractivity contribution in [2.24, 2.45) is 7.05 Å². The van der Waals surface area contributed by atoms with Gasteiger partial charge in [0.05, 0.1) is 11.9 Å².